The number of hydrogen-bond donors (Lipinski definition) is 0. The molecular weight excluding hydrogens is 337 g/mol. The first-order valence-corrected chi connectivity index (χ1v) is 9.66. The standard InChI is InChI=1S/C19H22FN3OS/c1-19(2)10-17-16(23(19)14-6-3-5-13(20)9-14)7-4-8-22(17)18(24)15-11-25-12-21-15/h3,5-6,9,11-12,16-17H,4,7-8,10H2,1-2H3/t16-,17-/m0/s1. The van der Waals surface area contributed by atoms with Gasteiger partial charge in [-0.15, -0.1) is 11.3 Å². The lowest BCUT2D eigenvalue weighted by atomic mass is 9.94. The second kappa shape index (κ2) is 6.09. The highest BCUT2D eigenvalue weighted by atomic mass is 32.1. The third-order valence-corrected chi connectivity index (χ3v) is 6.02. The molecule has 2 aliphatic rings. The number of piperidine rings is 1. The van der Waals surface area contributed by atoms with Crippen LogP contribution in [0.25, 0.3) is 0 Å². The summed E-state index contributed by atoms with van der Waals surface area (Å²) >= 11 is 1.45. The van der Waals surface area contributed by atoms with Gasteiger partial charge < -0.3 is 9.80 Å². The number of carbonyl (C=O) groups excluding carboxylic acids is 1. The van der Waals surface area contributed by atoms with Crippen molar-refractivity contribution in [3.05, 3.63) is 46.7 Å². The van der Waals surface area contributed by atoms with Gasteiger partial charge in [0.05, 0.1) is 17.6 Å². The van der Waals surface area contributed by atoms with Crippen LogP contribution in [0.5, 0.6) is 0 Å². The van der Waals surface area contributed by atoms with Gasteiger partial charge in [0, 0.05) is 23.2 Å². The van der Waals surface area contributed by atoms with Crippen LogP contribution in [0.3, 0.4) is 0 Å². The van der Waals surface area contributed by atoms with E-state index in [2.05, 4.69) is 23.7 Å². The van der Waals surface area contributed by atoms with Crippen molar-refractivity contribution in [1.29, 1.82) is 0 Å². The Kier molecular flexibility index (Phi) is 4.02. The summed E-state index contributed by atoms with van der Waals surface area (Å²) in [6.45, 7) is 5.13. The van der Waals surface area contributed by atoms with Crippen LogP contribution in [0.2, 0.25) is 0 Å². The van der Waals surface area contributed by atoms with Crippen molar-refractivity contribution in [1.82, 2.24) is 9.88 Å². The van der Waals surface area contributed by atoms with E-state index in [1.165, 1.54) is 17.4 Å². The van der Waals surface area contributed by atoms with Gasteiger partial charge in [-0.25, -0.2) is 9.37 Å². The number of rotatable bonds is 2. The molecular formula is C19H22FN3OS. The maximum absolute atomic E-state index is 13.8. The van der Waals surface area contributed by atoms with Crippen LogP contribution in [-0.2, 0) is 0 Å². The third-order valence-electron chi connectivity index (χ3n) is 5.43. The van der Waals surface area contributed by atoms with E-state index in [1.54, 1.807) is 17.6 Å². The van der Waals surface area contributed by atoms with E-state index in [4.69, 9.17) is 0 Å². The molecule has 4 rings (SSSR count). The highest BCUT2D eigenvalue weighted by Gasteiger charge is 2.50. The van der Waals surface area contributed by atoms with Crippen LogP contribution in [0, 0.1) is 5.82 Å². The van der Waals surface area contributed by atoms with Crippen LogP contribution in [-0.4, -0.2) is 40.0 Å². The van der Waals surface area contributed by atoms with E-state index < -0.39 is 0 Å². The molecule has 25 heavy (non-hydrogen) atoms. The zero-order valence-electron chi connectivity index (χ0n) is 14.5. The molecule has 6 heteroatoms. The fraction of sp³-hybridized carbons (Fsp3) is 0.474. The Morgan fingerprint density at radius 2 is 2.20 bits per heavy atom. The van der Waals surface area contributed by atoms with Crippen molar-refractivity contribution < 1.29 is 9.18 Å². The minimum absolute atomic E-state index is 0.0212. The smallest absolute Gasteiger partial charge is 0.273 e. The van der Waals surface area contributed by atoms with Gasteiger partial charge in [0.1, 0.15) is 11.5 Å². The van der Waals surface area contributed by atoms with Gasteiger partial charge in [0.25, 0.3) is 5.91 Å². The van der Waals surface area contributed by atoms with E-state index in [0.29, 0.717) is 5.69 Å². The van der Waals surface area contributed by atoms with E-state index in [0.717, 1.165) is 31.5 Å². The lowest BCUT2D eigenvalue weighted by Gasteiger charge is -2.42. The average molecular weight is 359 g/mol. The van der Waals surface area contributed by atoms with Gasteiger partial charge in [0.15, 0.2) is 0 Å². The molecule has 1 aromatic carbocycles. The van der Waals surface area contributed by atoms with Gasteiger partial charge >= 0.3 is 0 Å². The number of nitrogens with zero attached hydrogens (tertiary/aromatic N) is 3. The Bertz CT molecular complexity index is 777. The van der Waals surface area contributed by atoms with Gasteiger partial charge in [-0.3, -0.25) is 4.79 Å². The van der Waals surface area contributed by atoms with Crippen LogP contribution in [0.1, 0.15) is 43.6 Å². The highest BCUT2D eigenvalue weighted by molar-refractivity contribution is 7.07. The first kappa shape index (κ1) is 16.5. The summed E-state index contributed by atoms with van der Waals surface area (Å²) in [6.07, 6.45) is 2.86. The van der Waals surface area contributed by atoms with E-state index in [1.807, 2.05) is 16.3 Å². The Labute approximate surface area is 151 Å². The molecule has 0 spiro atoms. The van der Waals surface area contributed by atoms with Crippen molar-refractivity contribution in [2.24, 2.45) is 0 Å². The second-order valence-electron chi connectivity index (χ2n) is 7.52. The number of thiazole rings is 1. The number of halogens is 1. The van der Waals surface area contributed by atoms with E-state index >= 15 is 0 Å². The highest BCUT2D eigenvalue weighted by Crippen LogP contribution is 2.44. The van der Waals surface area contributed by atoms with Crippen LogP contribution >= 0.6 is 11.3 Å². The quantitative estimate of drug-likeness (QED) is 0.815. The van der Waals surface area contributed by atoms with Crippen LogP contribution in [0.15, 0.2) is 35.2 Å². The number of benzene rings is 1. The summed E-state index contributed by atoms with van der Waals surface area (Å²) in [6, 6.07) is 7.16. The molecule has 2 saturated heterocycles. The normalized spacial score (nSPS) is 25.1. The number of likely N-dealkylation sites (tertiary alicyclic amines) is 1. The summed E-state index contributed by atoms with van der Waals surface area (Å²) in [5, 5.41) is 1.82. The van der Waals surface area contributed by atoms with Gasteiger partial charge in [-0.2, -0.15) is 0 Å². The lowest BCUT2D eigenvalue weighted by Crippen LogP contribution is -2.53. The molecule has 0 saturated carbocycles. The van der Waals surface area contributed by atoms with Crippen molar-refractivity contribution in [2.75, 3.05) is 11.4 Å². The van der Waals surface area contributed by atoms with Gasteiger partial charge in [-0.1, -0.05) is 6.07 Å². The van der Waals surface area contributed by atoms with Gasteiger partial charge in [-0.05, 0) is 51.3 Å². The van der Waals surface area contributed by atoms with E-state index in [-0.39, 0.29) is 29.3 Å². The summed E-state index contributed by atoms with van der Waals surface area (Å²) in [5.74, 6) is -0.198. The maximum Gasteiger partial charge on any atom is 0.273 e. The third kappa shape index (κ3) is 2.82. The Balaban J connectivity index is 1.68. The molecule has 2 fully saturated rings. The number of carbonyl (C=O) groups is 1. The summed E-state index contributed by atoms with van der Waals surface area (Å²) < 4.78 is 13.8. The summed E-state index contributed by atoms with van der Waals surface area (Å²) in [4.78, 5) is 21.4. The number of fused-ring (bicyclic) bond motifs is 1. The molecule has 1 aromatic heterocycles. The van der Waals surface area contributed by atoms with Gasteiger partial charge in [0.2, 0.25) is 0 Å². The Morgan fingerprint density at radius 3 is 2.92 bits per heavy atom. The number of anilines is 1. The summed E-state index contributed by atoms with van der Waals surface area (Å²) in [5.41, 5.74) is 3.01. The zero-order chi connectivity index (χ0) is 17.6. The molecule has 0 aliphatic carbocycles. The molecule has 3 heterocycles. The maximum atomic E-state index is 13.8. The predicted octanol–water partition coefficient (Wildman–Crippen LogP) is 3.94. The summed E-state index contributed by atoms with van der Waals surface area (Å²) in [7, 11) is 0. The first-order valence-electron chi connectivity index (χ1n) is 8.71. The van der Waals surface area contributed by atoms with Crippen molar-refractivity contribution in [2.45, 2.75) is 50.7 Å². The number of hydrogen-bond acceptors (Lipinski definition) is 4. The van der Waals surface area contributed by atoms with Crippen LogP contribution < -0.4 is 4.90 Å². The second-order valence-corrected chi connectivity index (χ2v) is 8.23. The zero-order valence-corrected chi connectivity index (χ0v) is 15.3. The van der Waals surface area contributed by atoms with Crippen molar-refractivity contribution in [3.8, 4) is 0 Å². The molecule has 4 nitrogen and oxygen atoms in total. The molecule has 2 aromatic rings. The molecule has 2 atom stereocenters. The SMILES string of the molecule is CC1(C)C[C@H]2[C@H](CCCN2C(=O)c2cscn2)N1c1cccc(F)c1. The molecule has 2 aliphatic heterocycles. The molecule has 0 bridgehead atoms. The molecule has 0 unspecified atom stereocenters. The minimum atomic E-state index is -0.219. The minimum Gasteiger partial charge on any atom is -0.361 e. The Hall–Kier alpha value is -1.95. The average Bonchev–Trinajstić information content (AvgIpc) is 3.18. The fourth-order valence-corrected chi connectivity index (χ4v) is 5.05. The van der Waals surface area contributed by atoms with Crippen LogP contribution in [0.4, 0.5) is 10.1 Å². The first-order chi connectivity index (χ1) is 12.0. The molecule has 132 valence electrons. The fourth-order valence-electron chi connectivity index (χ4n) is 4.53. The molecule has 0 radical (unpaired) electrons. The Morgan fingerprint density at radius 1 is 1.36 bits per heavy atom. The monoisotopic (exact) mass is 359 g/mol. The van der Waals surface area contributed by atoms with Crippen molar-refractivity contribution in [3.63, 3.8) is 0 Å². The largest absolute Gasteiger partial charge is 0.361 e. The number of aromatic nitrogens is 1. The van der Waals surface area contributed by atoms with E-state index in [9.17, 15) is 9.18 Å². The van der Waals surface area contributed by atoms with Crippen molar-refractivity contribution >= 4 is 22.9 Å². The molecule has 1 amide bonds. The predicted molar refractivity (Wildman–Crippen MR) is 97.5 cm³/mol. The topological polar surface area (TPSA) is 36.4 Å². The lowest BCUT2D eigenvalue weighted by molar-refractivity contribution is 0.0600. The molecule has 0 N–H and O–H groups in total. The number of amides is 1.